The van der Waals surface area contributed by atoms with E-state index < -0.39 is 5.97 Å². The molecule has 0 aromatic carbocycles. The fourth-order valence-electron chi connectivity index (χ4n) is 4.61. The fourth-order valence-corrected chi connectivity index (χ4v) is 4.61. The van der Waals surface area contributed by atoms with Gasteiger partial charge in [-0.1, -0.05) is 174 Å². The average Bonchev–Trinajstić information content (AvgIpc) is 2.87. The number of unbranched alkanes of at least 4 members (excludes halogenated alkanes) is 24. The number of aliphatic carboxylic acids is 1. The van der Waals surface area contributed by atoms with Crippen LogP contribution >= 0.6 is 0 Å². The molecule has 36 heavy (non-hydrogen) atoms. The van der Waals surface area contributed by atoms with Crippen molar-refractivity contribution < 1.29 is 9.90 Å². The van der Waals surface area contributed by atoms with Gasteiger partial charge in [0.05, 0.1) is 0 Å². The Morgan fingerprint density at radius 2 is 0.667 bits per heavy atom. The average molecular weight is 509 g/mol. The van der Waals surface area contributed by atoms with Gasteiger partial charge in [-0.25, -0.2) is 0 Å². The summed E-state index contributed by atoms with van der Waals surface area (Å²) in [5.41, 5.74) is 0. The third kappa shape index (κ3) is 40.4. The molecule has 0 saturated carbocycles. The number of allylic oxidation sites excluding steroid dienone is 2. The van der Waals surface area contributed by atoms with E-state index in [0.29, 0.717) is 6.42 Å². The van der Waals surface area contributed by atoms with Crippen LogP contribution in [0.5, 0.6) is 0 Å². The van der Waals surface area contributed by atoms with Crippen molar-refractivity contribution in [3.05, 3.63) is 12.2 Å². The topological polar surface area (TPSA) is 37.3 Å². The second-order valence-corrected chi connectivity index (χ2v) is 11.0. The number of carboxylic acids is 1. The maximum Gasteiger partial charge on any atom is 0.303 e. The quantitative estimate of drug-likeness (QED) is 0.0842. The predicted molar refractivity (Wildman–Crippen MR) is 163 cm³/mol. The number of hydrogen-bond donors (Lipinski definition) is 1. The monoisotopic (exact) mass is 509 g/mol. The Bertz CT molecular complexity index is 401. The summed E-state index contributed by atoms with van der Waals surface area (Å²) in [6, 6.07) is 0. The molecule has 0 atom stereocenters. The van der Waals surface area contributed by atoms with Crippen LogP contribution in [-0.4, -0.2) is 11.1 Å². The highest BCUT2D eigenvalue weighted by Crippen LogP contribution is 2.13. The molecule has 0 bridgehead atoms. The molecule has 216 valence electrons. The van der Waals surface area contributed by atoms with Gasteiger partial charge in [0.2, 0.25) is 0 Å². The summed E-state index contributed by atoms with van der Waals surface area (Å²) in [5, 5.41) is 8.51. The lowest BCUT2D eigenvalue weighted by Crippen LogP contribution is -1.93. The number of rotatable bonds is 28. The number of carbonyl (C=O) groups is 1. The van der Waals surface area contributed by atoms with E-state index in [2.05, 4.69) is 32.9 Å². The van der Waals surface area contributed by atoms with Gasteiger partial charge in [-0.3, -0.25) is 4.79 Å². The zero-order chi connectivity index (χ0) is 26.8. The van der Waals surface area contributed by atoms with Crippen molar-refractivity contribution in [1.82, 2.24) is 0 Å². The van der Waals surface area contributed by atoms with Crippen LogP contribution in [0.3, 0.4) is 0 Å². The Morgan fingerprint density at radius 1 is 0.417 bits per heavy atom. The molecule has 0 spiro atoms. The van der Waals surface area contributed by atoms with Gasteiger partial charge in [0, 0.05) is 6.42 Å². The lowest BCUT2D eigenvalue weighted by atomic mass is 10.0. The van der Waals surface area contributed by atoms with Crippen molar-refractivity contribution in [3.63, 3.8) is 0 Å². The molecule has 0 saturated heterocycles. The first-order valence-electron chi connectivity index (χ1n) is 16.6. The van der Waals surface area contributed by atoms with Gasteiger partial charge in [0.1, 0.15) is 0 Å². The second-order valence-electron chi connectivity index (χ2n) is 11.0. The van der Waals surface area contributed by atoms with Crippen molar-refractivity contribution in [2.75, 3.05) is 0 Å². The number of carboxylic acid groups (broad SMARTS) is 1. The minimum Gasteiger partial charge on any atom is -0.481 e. The maximum atomic E-state index is 10.3. The molecule has 2 heteroatoms. The summed E-state index contributed by atoms with van der Waals surface area (Å²) in [6.45, 7) is 6.84. The summed E-state index contributed by atoms with van der Waals surface area (Å²) in [5.74, 6) is -0.664. The van der Waals surface area contributed by atoms with Crippen molar-refractivity contribution >= 4 is 5.97 Å². The van der Waals surface area contributed by atoms with E-state index in [-0.39, 0.29) is 0 Å². The van der Waals surface area contributed by atoms with Crippen LogP contribution in [0, 0.1) is 0 Å². The lowest BCUT2D eigenvalue weighted by molar-refractivity contribution is -0.137. The van der Waals surface area contributed by atoms with Crippen molar-refractivity contribution in [2.45, 2.75) is 201 Å². The van der Waals surface area contributed by atoms with Gasteiger partial charge in [-0.05, 0) is 32.1 Å². The summed E-state index contributed by atoms with van der Waals surface area (Å²) in [6.07, 6.45) is 41.7. The zero-order valence-corrected chi connectivity index (χ0v) is 25.3. The number of hydrogen-bond acceptors (Lipinski definition) is 1. The largest absolute Gasteiger partial charge is 0.481 e. The Balaban J connectivity index is 0. The first-order chi connectivity index (χ1) is 17.7. The molecule has 0 fully saturated rings. The Labute approximate surface area is 228 Å². The molecule has 0 heterocycles. The highest BCUT2D eigenvalue weighted by atomic mass is 16.4. The third-order valence-corrected chi connectivity index (χ3v) is 7.11. The molecular weight excluding hydrogens is 440 g/mol. The molecule has 0 radical (unpaired) electrons. The van der Waals surface area contributed by atoms with Gasteiger partial charge in [-0.15, -0.1) is 0 Å². The van der Waals surface area contributed by atoms with E-state index in [1.165, 1.54) is 161 Å². The highest BCUT2D eigenvalue weighted by Gasteiger charge is 1.96. The van der Waals surface area contributed by atoms with Crippen LogP contribution in [-0.2, 0) is 4.79 Å². The van der Waals surface area contributed by atoms with E-state index in [0.717, 1.165) is 12.8 Å². The van der Waals surface area contributed by atoms with Crippen molar-refractivity contribution in [1.29, 1.82) is 0 Å². The van der Waals surface area contributed by atoms with Crippen LogP contribution in [0.4, 0.5) is 0 Å². The van der Waals surface area contributed by atoms with E-state index in [1.54, 1.807) is 0 Å². The summed E-state index contributed by atoms with van der Waals surface area (Å²) in [4.78, 5) is 10.3. The Morgan fingerprint density at radius 3 is 0.944 bits per heavy atom. The predicted octanol–water partition coefficient (Wildman–Crippen LogP) is 12.6. The molecule has 0 rings (SSSR count). The maximum absolute atomic E-state index is 10.3. The molecule has 0 aromatic rings. The second kappa shape index (κ2) is 36.4. The van der Waals surface area contributed by atoms with Crippen molar-refractivity contribution in [2.24, 2.45) is 0 Å². The summed E-state index contributed by atoms with van der Waals surface area (Å²) < 4.78 is 0. The lowest BCUT2D eigenvalue weighted by Gasteiger charge is -2.02. The summed E-state index contributed by atoms with van der Waals surface area (Å²) >= 11 is 0. The highest BCUT2D eigenvalue weighted by molar-refractivity contribution is 5.66. The molecule has 0 unspecified atom stereocenters. The molecular formula is C34H68O2. The molecule has 0 aliphatic heterocycles. The van der Waals surface area contributed by atoms with Crippen LogP contribution < -0.4 is 0 Å². The Hall–Kier alpha value is -0.790. The first-order valence-corrected chi connectivity index (χ1v) is 16.6. The van der Waals surface area contributed by atoms with E-state index in [1.807, 2.05) is 0 Å². The van der Waals surface area contributed by atoms with E-state index in [4.69, 9.17) is 5.11 Å². The normalized spacial score (nSPS) is 11.1. The van der Waals surface area contributed by atoms with Crippen LogP contribution in [0.15, 0.2) is 12.2 Å². The fraction of sp³-hybridized carbons (Fsp3) is 0.912. The molecule has 0 aliphatic rings. The smallest absolute Gasteiger partial charge is 0.303 e. The van der Waals surface area contributed by atoms with Gasteiger partial charge in [0.25, 0.3) is 0 Å². The van der Waals surface area contributed by atoms with Crippen molar-refractivity contribution in [3.8, 4) is 0 Å². The molecule has 0 aromatic heterocycles. The van der Waals surface area contributed by atoms with Crippen LogP contribution in [0.1, 0.15) is 201 Å². The van der Waals surface area contributed by atoms with Gasteiger partial charge < -0.3 is 5.11 Å². The van der Waals surface area contributed by atoms with E-state index >= 15 is 0 Å². The third-order valence-electron chi connectivity index (χ3n) is 7.11. The molecule has 0 amide bonds. The van der Waals surface area contributed by atoms with Gasteiger partial charge >= 0.3 is 5.97 Å². The van der Waals surface area contributed by atoms with Gasteiger partial charge in [0.15, 0.2) is 0 Å². The molecule has 0 aliphatic carbocycles. The Kier molecular flexibility index (Phi) is 37.7. The summed E-state index contributed by atoms with van der Waals surface area (Å²) in [7, 11) is 0. The standard InChI is InChI=1S/C18H34O2.C16H34/c1-2-3-4-5-6-7-8-9-10-11-12-13-14-15-16-17-18(19)20;1-3-5-7-9-11-13-15-16-14-12-10-8-6-4-2/h9-10H,2-8,11-17H2,1H3,(H,19,20);3-16H2,1-2H3/b10-9-;. The van der Waals surface area contributed by atoms with Gasteiger partial charge in [-0.2, -0.15) is 0 Å². The zero-order valence-electron chi connectivity index (χ0n) is 25.3. The minimum absolute atomic E-state index is 0.332. The minimum atomic E-state index is -0.664. The van der Waals surface area contributed by atoms with Crippen LogP contribution in [0.25, 0.3) is 0 Å². The molecule has 1 N–H and O–H groups in total. The SMILES string of the molecule is CCCCCCCC/C=C\CCCCCCCC(=O)O.CCCCCCCCCCCCCCCC. The van der Waals surface area contributed by atoms with E-state index in [9.17, 15) is 4.79 Å². The van der Waals surface area contributed by atoms with Crippen LogP contribution in [0.2, 0.25) is 0 Å². The molecule has 2 nitrogen and oxygen atoms in total. The first kappa shape index (κ1) is 37.4.